The van der Waals surface area contributed by atoms with E-state index in [0.29, 0.717) is 10.8 Å². The van der Waals surface area contributed by atoms with Crippen LogP contribution in [-0.4, -0.2) is 23.9 Å². The first-order valence-corrected chi connectivity index (χ1v) is 6.78. The summed E-state index contributed by atoms with van der Waals surface area (Å²) in [5.41, 5.74) is 1.02. The van der Waals surface area contributed by atoms with Crippen LogP contribution < -0.4 is 0 Å². The number of piperidine rings is 1. The summed E-state index contributed by atoms with van der Waals surface area (Å²) in [6.07, 6.45) is 6.56. The summed E-state index contributed by atoms with van der Waals surface area (Å²) in [5, 5.41) is 0. The summed E-state index contributed by atoms with van der Waals surface area (Å²) in [6, 6.07) is 0. The molecule has 0 bridgehead atoms. The minimum Gasteiger partial charge on any atom is -0.339 e. The Balaban J connectivity index is 1.85. The Morgan fingerprint density at radius 2 is 1.82 bits per heavy atom. The lowest BCUT2D eigenvalue weighted by molar-refractivity contribution is -0.131. The fraction of sp³-hybridized carbons (Fsp3) is 0.800. The van der Waals surface area contributed by atoms with E-state index in [0.717, 1.165) is 19.0 Å². The Kier molecular flexibility index (Phi) is 3.09. The van der Waals surface area contributed by atoms with Crippen molar-refractivity contribution in [3.63, 3.8) is 0 Å². The number of nitrogens with zero attached hydrogens (tertiary/aromatic N) is 1. The van der Waals surface area contributed by atoms with Crippen LogP contribution >= 0.6 is 0 Å². The van der Waals surface area contributed by atoms with Gasteiger partial charge in [0.05, 0.1) is 0 Å². The molecule has 0 N–H and O–H groups in total. The molecule has 1 aliphatic heterocycles. The van der Waals surface area contributed by atoms with Crippen molar-refractivity contribution in [1.82, 2.24) is 4.90 Å². The van der Waals surface area contributed by atoms with Crippen LogP contribution in [0, 0.1) is 16.7 Å². The molecule has 17 heavy (non-hydrogen) atoms. The molecule has 1 saturated heterocycles. The van der Waals surface area contributed by atoms with Crippen molar-refractivity contribution in [2.45, 2.75) is 46.5 Å². The summed E-state index contributed by atoms with van der Waals surface area (Å²) in [5.74, 6) is 0.982. The smallest absolute Gasteiger partial charge is 0.245 e. The molecule has 0 radical (unpaired) electrons. The third-order valence-corrected chi connectivity index (χ3v) is 4.89. The predicted molar refractivity (Wildman–Crippen MR) is 70.6 cm³/mol. The van der Waals surface area contributed by atoms with Gasteiger partial charge in [-0.1, -0.05) is 27.4 Å². The van der Waals surface area contributed by atoms with Gasteiger partial charge in [0.1, 0.15) is 0 Å². The van der Waals surface area contributed by atoms with Crippen LogP contribution in [0.3, 0.4) is 0 Å². The first-order valence-electron chi connectivity index (χ1n) is 6.78. The van der Waals surface area contributed by atoms with Crippen molar-refractivity contribution in [2.75, 3.05) is 13.1 Å². The molecule has 0 aromatic heterocycles. The zero-order valence-corrected chi connectivity index (χ0v) is 11.5. The molecule has 0 aromatic carbocycles. The highest BCUT2D eigenvalue weighted by molar-refractivity contribution is 5.87. The SMILES string of the molecule is C=CC(=O)N1CCC2(CC1)CC(C(C)(C)C)C2. The van der Waals surface area contributed by atoms with Gasteiger partial charge in [0, 0.05) is 13.1 Å². The van der Waals surface area contributed by atoms with Crippen molar-refractivity contribution in [3.8, 4) is 0 Å². The summed E-state index contributed by atoms with van der Waals surface area (Å²) >= 11 is 0. The van der Waals surface area contributed by atoms with E-state index in [-0.39, 0.29) is 5.91 Å². The monoisotopic (exact) mass is 235 g/mol. The molecule has 2 heteroatoms. The largest absolute Gasteiger partial charge is 0.339 e. The van der Waals surface area contributed by atoms with Gasteiger partial charge in [-0.2, -0.15) is 0 Å². The quantitative estimate of drug-likeness (QED) is 0.639. The molecule has 1 heterocycles. The number of likely N-dealkylation sites (tertiary alicyclic amines) is 1. The van der Waals surface area contributed by atoms with Crippen LogP contribution in [0.5, 0.6) is 0 Å². The zero-order chi connectivity index (χ0) is 12.7. The maximum atomic E-state index is 11.5. The molecular weight excluding hydrogens is 210 g/mol. The molecule has 2 rings (SSSR count). The summed E-state index contributed by atoms with van der Waals surface area (Å²) in [6.45, 7) is 12.5. The van der Waals surface area contributed by atoms with Gasteiger partial charge in [0.25, 0.3) is 0 Å². The Bertz CT molecular complexity index is 310. The van der Waals surface area contributed by atoms with Gasteiger partial charge in [0.2, 0.25) is 5.91 Å². The Hall–Kier alpha value is -0.790. The van der Waals surface area contributed by atoms with Gasteiger partial charge in [-0.25, -0.2) is 0 Å². The first kappa shape index (κ1) is 12.7. The van der Waals surface area contributed by atoms with E-state index >= 15 is 0 Å². The predicted octanol–water partition coefficient (Wildman–Crippen LogP) is 3.24. The van der Waals surface area contributed by atoms with Crippen molar-refractivity contribution >= 4 is 5.91 Å². The number of hydrogen-bond donors (Lipinski definition) is 0. The first-order chi connectivity index (χ1) is 7.86. The van der Waals surface area contributed by atoms with E-state index < -0.39 is 0 Å². The molecule has 96 valence electrons. The molecule has 2 nitrogen and oxygen atoms in total. The highest BCUT2D eigenvalue weighted by Gasteiger charge is 2.49. The minimum atomic E-state index is 0.103. The van der Waals surface area contributed by atoms with Crippen LogP contribution in [-0.2, 0) is 4.79 Å². The molecule has 0 atom stereocenters. The van der Waals surface area contributed by atoms with Crippen LogP contribution in [0.25, 0.3) is 0 Å². The van der Waals surface area contributed by atoms with Gasteiger partial charge in [-0.05, 0) is 48.5 Å². The lowest BCUT2D eigenvalue weighted by atomic mass is 9.52. The number of hydrogen-bond acceptors (Lipinski definition) is 1. The molecule has 0 aromatic rings. The van der Waals surface area contributed by atoms with E-state index in [4.69, 9.17) is 0 Å². The van der Waals surface area contributed by atoms with Crippen molar-refractivity contribution < 1.29 is 4.79 Å². The lowest BCUT2D eigenvalue weighted by Gasteiger charge is -2.56. The minimum absolute atomic E-state index is 0.103. The Morgan fingerprint density at radius 1 is 1.29 bits per heavy atom. The molecular formula is C15H25NO. The second-order valence-electron chi connectivity index (χ2n) is 7.00. The Morgan fingerprint density at radius 3 is 2.24 bits per heavy atom. The van der Waals surface area contributed by atoms with Gasteiger partial charge in [-0.3, -0.25) is 4.79 Å². The highest BCUT2D eigenvalue weighted by atomic mass is 16.2. The number of amides is 1. The fourth-order valence-corrected chi connectivity index (χ4v) is 3.34. The van der Waals surface area contributed by atoms with Gasteiger partial charge in [-0.15, -0.1) is 0 Å². The third-order valence-electron chi connectivity index (χ3n) is 4.89. The van der Waals surface area contributed by atoms with Gasteiger partial charge < -0.3 is 4.90 Å². The summed E-state index contributed by atoms with van der Waals surface area (Å²) in [4.78, 5) is 13.5. The maximum absolute atomic E-state index is 11.5. The van der Waals surface area contributed by atoms with Crippen molar-refractivity contribution in [3.05, 3.63) is 12.7 Å². The summed E-state index contributed by atoms with van der Waals surface area (Å²) in [7, 11) is 0. The fourth-order valence-electron chi connectivity index (χ4n) is 3.34. The number of carbonyl (C=O) groups excluding carboxylic acids is 1. The number of carbonyl (C=O) groups is 1. The second-order valence-corrected chi connectivity index (χ2v) is 7.00. The molecule has 1 amide bonds. The average molecular weight is 235 g/mol. The topological polar surface area (TPSA) is 20.3 Å². The molecule has 1 aliphatic carbocycles. The van der Waals surface area contributed by atoms with E-state index in [2.05, 4.69) is 27.4 Å². The molecule has 2 fully saturated rings. The van der Waals surface area contributed by atoms with Crippen molar-refractivity contribution in [1.29, 1.82) is 0 Å². The van der Waals surface area contributed by atoms with Gasteiger partial charge >= 0.3 is 0 Å². The molecule has 2 aliphatic rings. The average Bonchev–Trinajstić information content (AvgIpc) is 2.23. The normalized spacial score (nSPS) is 24.5. The lowest BCUT2D eigenvalue weighted by Crippen LogP contribution is -2.50. The van der Waals surface area contributed by atoms with Crippen LogP contribution in [0.1, 0.15) is 46.5 Å². The van der Waals surface area contributed by atoms with Crippen LogP contribution in [0.4, 0.5) is 0 Å². The maximum Gasteiger partial charge on any atom is 0.245 e. The zero-order valence-electron chi connectivity index (χ0n) is 11.5. The Labute approximate surface area is 105 Å². The van der Waals surface area contributed by atoms with Crippen LogP contribution in [0.2, 0.25) is 0 Å². The second kappa shape index (κ2) is 4.15. The highest BCUT2D eigenvalue weighted by Crippen LogP contribution is 2.57. The number of rotatable bonds is 1. The van der Waals surface area contributed by atoms with Crippen LogP contribution in [0.15, 0.2) is 12.7 Å². The molecule has 0 unspecified atom stereocenters. The van der Waals surface area contributed by atoms with Crippen molar-refractivity contribution in [2.24, 2.45) is 16.7 Å². The van der Waals surface area contributed by atoms with Gasteiger partial charge in [0.15, 0.2) is 0 Å². The standard InChI is InChI=1S/C15H25NO/c1-5-13(17)16-8-6-15(7-9-16)10-12(11-15)14(2,3)4/h5,12H,1,6-11H2,2-4H3. The molecule has 1 spiro atoms. The van der Waals surface area contributed by atoms with E-state index in [9.17, 15) is 4.79 Å². The van der Waals surface area contributed by atoms with E-state index in [1.165, 1.54) is 31.8 Å². The molecule has 1 saturated carbocycles. The summed E-state index contributed by atoms with van der Waals surface area (Å²) < 4.78 is 0. The third kappa shape index (κ3) is 2.41. The van der Waals surface area contributed by atoms with E-state index in [1.807, 2.05) is 4.90 Å². The van der Waals surface area contributed by atoms with E-state index in [1.54, 1.807) is 0 Å².